The minimum absolute atomic E-state index is 0.0824. The fourth-order valence-electron chi connectivity index (χ4n) is 5.33. The van der Waals surface area contributed by atoms with Crippen molar-refractivity contribution in [1.29, 1.82) is 0 Å². The van der Waals surface area contributed by atoms with Gasteiger partial charge in [-0.05, 0) is 55.7 Å². The van der Waals surface area contributed by atoms with E-state index in [9.17, 15) is 27.2 Å². The lowest BCUT2D eigenvalue weighted by Crippen LogP contribution is -2.49. The Hall–Kier alpha value is -4.42. The molecule has 0 unspecified atom stereocenters. The van der Waals surface area contributed by atoms with Crippen LogP contribution in [0.25, 0.3) is 11.1 Å². The first-order valence-corrected chi connectivity index (χ1v) is 13.6. The second-order valence-electron chi connectivity index (χ2n) is 10.8. The van der Waals surface area contributed by atoms with Gasteiger partial charge in [-0.15, -0.1) is 0 Å². The molecule has 0 bridgehead atoms. The lowest BCUT2D eigenvalue weighted by Gasteiger charge is -2.34. The fourth-order valence-corrected chi connectivity index (χ4v) is 5.33. The third kappa shape index (κ3) is 6.35. The highest BCUT2D eigenvalue weighted by atomic mass is 19.4. The number of benzene rings is 2. The summed E-state index contributed by atoms with van der Waals surface area (Å²) < 4.78 is 65.4. The number of hydrogen-bond donors (Lipinski definition) is 1. The zero-order valence-corrected chi connectivity index (χ0v) is 23.7. The Kier molecular flexibility index (Phi) is 8.17. The number of carboxylic acid groups (broad SMARTS) is 1. The first kappa shape index (κ1) is 30.1. The molecule has 3 aromatic rings. The van der Waals surface area contributed by atoms with E-state index in [2.05, 4.69) is 9.97 Å². The van der Waals surface area contributed by atoms with Gasteiger partial charge in [0.15, 0.2) is 0 Å². The largest absolute Gasteiger partial charge is 0.496 e. The standard InChI is InChI=1S/C30H30F4N4O5/c1-16-8-19(11-20(9-16)30(32,33)34)27-17(2)38(29(41)43-27)15-24-23(12-35-28(36-24)37-13-21(31)14-37)22-10-18(5-7-26(39)40)4-6-25(22)42-3/h4,6,8-12,17,21,27H,5,7,13-15H2,1-3H3,(H,39,40)/t17-,27-/m0/s1. The number of hydrogen-bond acceptors (Lipinski definition) is 7. The van der Waals surface area contributed by atoms with Crippen LogP contribution in [0.15, 0.2) is 42.6 Å². The molecule has 9 nitrogen and oxygen atoms in total. The number of rotatable bonds is 9. The zero-order chi connectivity index (χ0) is 31.1. The molecule has 0 aliphatic carbocycles. The number of halogens is 4. The van der Waals surface area contributed by atoms with Gasteiger partial charge < -0.3 is 19.5 Å². The first-order valence-electron chi connectivity index (χ1n) is 13.6. The Morgan fingerprint density at radius 1 is 1.16 bits per heavy atom. The molecule has 2 aromatic carbocycles. The molecule has 3 heterocycles. The lowest BCUT2D eigenvalue weighted by atomic mass is 9.97. The molecule has 2 fully saturated rings. The molecule has 2 aliphatic heterocycles. The molecule has 228 valence electrons. The number of aryl methyl sites for hydroxylation is 2. The number of carbonyl (C=O) groups excluding carboxylic acids is 1. The molecule has 5 rings (SSSR count). The van der Waals surface area contributed by atoms with Crippen LogP contribution in [0.1, 0.15) is 47.4 Å². The number of anilines is 1. The molecule has 1 amide bonds. The van der Waals surface area contributed by atoms with E-state index < -0.39 is 42.1 Å². The highest BCUT2D eigenvalue weighted by molar-refractivity contribution is 5.75. The number of ether oxygens (including phenoxy) is 2. The minimum Gasteiger partial charge on any atom is -0.496 e. The van der Waals surface area contributed by atoms with Crippen LogP contribution in [0.3, 0.4) is 0 Å². The molecule has 0 saturated carbocycles. The highest BCUT2D eigenvalue weighted by Gasteiger charge is 2.42. The van der Waals surface area contributed by atoms with Crippen LogP contribution < -0.4 is 9.64 Å². The molecule has 2 atom stereocenters. The normalized spacial score (nSPS) is 18.9. The van der Waals surface area contributed by atoms with Gasteiger partial charge >= 0.3 is 18.2 Å². The Morgan fingerprint density at radius 2 is 1.91 bits per heavy atom. The molecule has 2 saturated heterocycles. The second kappa shape index (κ2) is 11.7. The van der Waals surface area contributed by atoms with Crippen molar-refractivity contribution in [2.75, 3.05) is 25.1 Å². The molecule has 1 N–H and O–H groups in total. The van der Waals surface area contributed by atoms with Crippen molar-refractivity contribution in [3.8, 4) is 16.9 Å². The van der Waals surface area contributed by atoms with Gasteiger partial charge in [0.05, 0.1) is 44.0 Å². The van der Waals surface area contributed by atoms with E-state index in [4.69, 9.17) is 14.6 Å². The van der Waals surface area contributed by atoms with E-state index >= 15 is 0 Å². The number of nitrogens with zero attached hydrogens (tertiary/aromatic N) is 4. The minimum atomic E-state index is -4.56. The highest BCUT2D eigenvalue weighted by Crippen LogP contribution is 2.39. The maximum atomic E-state index is 13.6. The van der Waals surface area contributed by atoms with Gasteiger partial charge in [-0.2, -0.15) is 13.2 Å². The van der Waals surface area contributed by atoms with Crippen molar-refractivity contribution >= 4 is 18.0 Å². The van der Waals surface area contributed by atoms with Crippen molar-refractivity contribution in [2.45, 2.75) is 57.7 Å². The summed E-state index contributed by atoms with van der Waals surface area (Å²) in [6.07, 6.45) is -5.54. The van der Waals surface area contributed by atoms with Gasteiger partial charge in [-0.25, -0.2) is 19.2 Å². The third-order valence-electron chi connectivity index (χ3n) is 7.62. The zero-order valence-electron chi connectivity index (χ0n) is 23.7. The van der Waals surface area contributed by atoms with Gasteiger partial charge in [-0.3, -0.25) is 9.69 Å². The van der Waals surface area contributed by atoms with Gasteiger partial charge in [0.2, 0.25) is 5.95 Å². The summed E-state index contributed by atoms with van der Waals surface area (Å²) in [5, 5.41) is 9.14. The average Bonchev–Trinajstić information content (AvgIpc) is 3.22. The van der Waals surface area contributed by atoms with Crippen molar-refractivity contribution < 1.29 is 41.7 Å². The average molecular weight is 603 g/mol. The van der Waals surface area contributed by atoms with Crippen LogP contribution >= 0.6 is 0 Å². The lowest BCUT2D eigenvalue weighted by molar-refractivity contribution is -0.138. The van der Waals surface area contributed by atoms with Crippen molar-refractivity contribution in [1.82, 2.24) is 14.9 Å². The van der Waals surface area contributed by atoms with Crippen LogP contribution in [-0.4, -0.2) is 64.4 Å². The predicted octanol–water partition coefficient (Wildman–Crippen LogP) is 5.74. The van der Waals surface area contributed by atoms with Gasteiger partial charge in [-0.1, -0.05) is 17.7 Å². The smallest absolute Gasteiger partial charge is 0.416 e. The van der Waals surface area contributed by atoms with Gasteiger partial charge in [0.25, 0.3) is 0 Å². The van der Waals surface area contributed by atoms with E-state index in [1.807, 2.05) is 0 Å². The summed E-state index contributed by atoms with van der Waals surface area (Å²) in [7, 11) is 1.48. The van der Waals surface area contributed by atoms with Crippen LogP contribution in [0, 0.1) is 6.92 Å². The second-order valence-corrected chi connectivity index (χ2v) is 10.8. The maximum absolute atomic E-state index is 13.6. The van der Waals surface area contributed by atoms with Gasteiger partial charge in [0.1, 0.15) is 18.0 Å². The van der Waals surface area contributed by atoms with Crippen molar-refractivity contribution in [3.63, 3.8) is 0 Å². The monoisotopic (exact) mass is 602 g/mol. The summed E-state index contributed by atoms with van der Waals surface area (Å²) in [5.74, 6) is -0.226. The first-order chi connectivity index (χ1) is 20.3. The molecule has 0 radical (unpaired) electrons. The summed E-state index contributed by atoms with van der Waals surface area (Å²) in [5.41, 5.74) is 1.93. The van der Waals surface area contributed by atoms with Crippen LogP contribution in [-0.2, 0) is 28.7 Å². The summed E-state index contributed by atoms with van der Waals surface area (Å²) in [6.45, 7) is 3.37. The maximum Gasteiger partial charge on any atom is 0.416 e. The van der Waals surface area contributed by atoms with E-state index in [0.29, 0.717) is 28.1 Å². The quantitative estimate of drug-likeness (QED) is 0.310. The molecule has 13 heteroatoms. The summed E-state index contributed by atoms with van der Waals surface area (Å²) in [6, 6.07) is 8.15. The van der Waals surface area contributed by atoms with E-state index in [-0.39, 0.29) is 44.0 Å². The number of aromatic nitrogens is 2. The third-order valence-corrected chi connectivity index (χ3v) is 7.62. The Balaban J connectivity index is 1.51. The van der Waals surface area contributed by atoms with Crippen LogP contribution in [0.2, 0.25) is 0 Å². The summed E-state index contributed by atoms with van der Waals surface area (Å²) in [4.78, 5) is 36.4. The number of methoxy groups -OCH3 is 1. The number of carbonyl (C=O) groups is 2. The molecular weight excluding hydrogens is 572 g/mol. The molecule has 2 aliphatic rings. The molecule has 0 spiro atoms. The van der Waals surface area contributed by atoms with E-state index in [0.717, 1.165) is 17.7 Å². The molecule has 43 heavy (non-hydrogen) atoms. The summed E-state index contributed by atoms with van der Waals surface area (Å²) >= 11 is 0. The van der Waals surface area contributed by atoms with Crippen molar-refractivity contribution in [3.05, 3.63) is 70.5 Å². The Morgan fingerprint density at radius 3 is 2.56 bits per heavy atom. The predicted molar refractivity (Wildman–Crippen MR) is 147 cm³/mol. The topological polar surface area (TPSA) is 105 Å². The number of carboxylic acids is 1. The number of cyclic esters (lactones) is 1. The van der Waals surface area contributed by atoms with E-state index in [1.165, 1.54) is 12.0 Å². The van der Waals surface area contributed by atoms with Gasteiger partial charge in [0, 0.05) is 23.7 Å². The van der Waals surface area contributed by atoms with E-state index in [1.54, 1.807) is 49.2 Å². The number of aliphatic carboxylic acids is 1. The number of amides is 1. The molecular formula is C30H30F4N4O5. The number of alkyl halides is 4. The van der Waals surface area contributed by atoms with Crippen LogP contribution in [0.5, 0.6) is 5.75 Å². The van der Waals surface area contributed by atoms with Crippen LogP contribution in [0.4, 0.5) is 28.3 Å². The fraction of sp³-hybridized carbons (Fsp3) is 0.400. The SMILES string of the molecule is COc1ccc(CCC(=O)O)cc1-c1cnc(N2CC(F)C2)nc1CN1C(=O)O[C@H](c2cc(C)cc(C(F)(F)F)c2)[C@@H]1C. The van der Waals surface area contributed by atoms with Crippen molar-refractivity contribution in [2.24, 2.45) is 0 Å². The Bertz CT molecular complexity index is 1540. The Labute approximate surface area is 245 Å². The molecule has 1 aromatic heterocycles.